The molecule has 6 nitrogen and oxygen atoms in total. The highest BCUT2D eigenvalue weighted by Crippen LogP contribution is 2.19. The molecule has 0 unspecified atom stereocenters. The lowest BCUT2D eigenvalue weighted by Gasteiger charge is -2.39. The van der Waals surface area contributed by atoms with Crippen molar-refractivity contribution in [3.8, 4) is 0 Å². The third kappa shape index (κ3) is 3.92. The molecule has 26 heavy (non-hydrogen) atoms. The largest absolute Gasteiger partial charge is 0.322 e. The molecule has 1 aliphatic rings. The van der Waals surface area contributed by atoms with E-state index in [1.165, 1.54) is 42.5 Å². The Morgan fingerprint density at radius 1 is 1.19 bits per heavy atom. The zero-order valence-corrected chi connectivity index (χ0v) is 15.3. The summed E-state index contributed by atoms with van der Waals surface area (Å²) in [5, 5.41) is 5.67. The lowest BCUT2D eigenvalue weighted by molar-refractivity contribution is 0.102. The molecule has 0 aromatic heterocycles. The SMILES string of the molecule is Cc1cc(NC(=O)c2cccc(S(=O)(=O)NC3(C)CNC3)c2)ccc1F. The number of hydrogen-bond donors (Lipinski definition) is 3. The van der Waals surface area contributed by atoms with Crippen LogP contribution in [0.3, 0.4) is 0 Å². The van der Waals surface area contributed by atoms with Crippen LogP contribution in [0.5, 0.6) is 0 Å². The first-order chi connectivity index (χ1) is 12.2. The molecule has 1 heterocycles. The number of sulfonamides is 1. The molecule has 3 N–H and O–H groups in total. The minimum atomic E-state index is -3.74. The van der Waals surface area contributed by atoms with E-state index in [1.54, 1.807) is 6.92 Å². The Bertz CT molecular complexity index is 956. The fraction of sp³-hybridized carbons (Fsp3) is 0.278. The summed E-state index contributed by atoms with van der Waals surface area (Å²) in [6.45, 7) is 4.51. The van der Waals surface area contributed by atoms with E-state index < -0.39 is 21.5 Å². The Morgan fingerprint density at radius 2 is 1.92 bits per heavy atom. The van der Waals surface area contributed by atoms with Crippen molar-refractivity contribution < 1.29 is 17.6 Å². The summed E-state index contributed by atoms with van der Waals surface area (Å²) < 4.78 is 41.1. The molecule has 0 spiro atoms. The standard InChI is InChI=1S/C18H20FN3O3S/c1-12-8-14(6-7-16(12)19)21-17(23)13-4-3-5-15(9-13)26(24,25)22-18(2)10-20-11-18/h3-9,20,22H,10-11H2,1-2H3,(H,21,23). The van der Waals surface area contributed by atoms with E-state index in [0.717, 1.165) is 0 Å². The van der Waals surface area contributed by atoms with Gasteiger partial charge in [0.15, 0.2) is 0 Å². The van der Waals surface area contributed by atoms with Gasteiger partial charge in [0.05, 0.1) is 10.4 Å². The number of carbonyl (C=O) groups is 1. The Kier molecular flexibility index (Phi) is 4.83. The summed E-state index contributed by atoms with van der Waals surface area (Å²) in [7, 11) is -3.74. The van der Waals surface area contributed by atoms with Gasteiger partial charge in [0.25, 0.3) is 5.91 Å². The van der Waals surface area contributed by atoms with Crippen LogP contribution in [-0.4, -0.2) is 33.0 Å². The van der Waals surface area contributed by atoms with E-state index in [-0.39, 0.29) is 16.3 Å². The highest BCUT2D eigenvalue weighted by Gasteiger charge is 2.36. The molecule has 0 bridgehead atoms. The molecule has 2 aromatic carbocycles. The zero-order valence-electron chi connectivity index (χ0n) is 14.5. The average molecular weight is 377 g/mol. The fourth-order valence-electron chi connectivity index (χ4n) is 2.69. The predicted molar refractivity (Wildman–Crippen MR) is 97.1 cm³/mol. The molecule has 1 aliphatic heterocycles. The highest BCUT2D eigenvalue weighted by atomic mass is 32.2. The molecule has 1 amide bonds. The maximum absolute atomic E-state index is 13.3. The molecule has 8 heteroatoms. The number of nitrogens with one attached hydrogen (secondary N) is 3. The van der Waals surface area contributed by atoms with Crippen LogP contribution in [-0.2, 0) is 10.0 Å². The van der Waals surface area contributed by atoms with Crippen molar-refractivity contribution >= 4 is 21.6 Å². The number of benzene rings is 2. The summed E-state index contributed by atoms with van der Waals surface area (Å²) in [6.07, 6.45) is 0. The molecule has 0 aliphatic carbocycles. The van der Waals surface area contributed by atoms with Gasteiger partial charge in [-0.05, 0) is 55.8 Å². The highest BCUT2D eigenvalue weighted by molar-refractivity contribution is 7.89. The topological polar surface area (TPSA) is 87.3 Å². The average Bonchev–Trinajstić information content (AvgIpc) is 2.56. The number of amides is 1. The van der Waals surface area contributed by atoms with Crippen molar-refractivity contribution in [3.63, 3.8) is 0 Å². The van der Waals surface area contributed by atoms with Crippen molar-refractivity contribution in [2.75, 3.05) is 18.4 Å². The maximum atomic E-state index is 13.3. The number of halogens is 1. The summed E-state index contributed by atoms with van der Waals surface area (Å²) in [4.78, 5) is 12.4. The van der Waals surface area contributed by atoms with Gasteiger partial charge < -0.3 is 10.6 Å². The minimum Gasteiger partial charge on any atom is -0.322 e. The predicted octanol–water partition coefficient (Wildman–Crippen LogP) is 2.03. The molecule has 138 valence electrons. The fourth-order valence-corrected chi connectivity index (χ4v) is 4.14. The van der Waals surface area contributed by atoms with Crippen LogP contribution in [0.15, 0.2) is 47.4 Å². The number of carbonyl (C=O) groups excluding carboxylic acids is 1. The monoisotopic (exact) mass is 377 g/mol. The van der Waals surface area contributed by atoms with Gasteiger partial charge in [-0.1, -0.05) is 6.07 Å². The van der Waals surface area contributed by atoms with Gasteiger partial charge in [0, 0.05) is 24.3 Å². The Morgan fingerprint density at radius 3 is 2.54 bits per heavy atom. The van der Waals surface area contributed by atoms with E-state index in [9.17, 15) is 17.6 Å². The smallest absolute Gasteiger partial charge is 0.255 e. The molecule has 3 rings (SSSR count). The van der Waals surface area contributed by atoms with Gasteiger partial charge in [-0.3, -0.25) is 4.79 Å². The van der Waals surface area contributed by atoms with Crippen LogP contribution in [0.1, 0.15) is 22.8 Å². The van der Waals surface area contributed by atoms with Crippen molar-refractivity contribution in [3.05, 3.63) is 59.4 Å². The molecule has 0 saturated carbocycles. The Hall–Kier alpha value is -2.29. The molecule has 0 atom stereocenters. The second-order valence-electron chi connectivity index (χ2n) is 6.72. The molecular weight excluding hydrogens is 357 g/mol. The Labute approximate surface area is 151 Å². The molecular formula is C18H20FN3O3S. The van der Waals surface area contributed by atoms with Gasteiger partial charge in [-0.25, -0.2) is 17.5 Å². The molecule has 0 radical (unpaired) electrons. The van der Waals surface area contributed by atoms with Crippen LogP contribution in [0.25, 0.3) is 0 Å². The first-order valence-electron chi connectivity index (χ1n) is 8.11. The van der Waals surface area contributed by atoms with E-state index in [0.29, 0.717) is 24.3 Å². The van der Waals surface area contributed by atoms with Gasteiger partial charge in [-0.15, -0.1) is 0 Å². The Balaban J connectivity index is 1.79. The van der Waals surface area contributed by atoms with Crippen molar-refractivity contribution in [2.24, 2.45) is 0 Å². The van der Waals surface area contributed by atoms with Gasteiger partial charge >= 0.3 is 0 Å². The van der Waals surface area contributed by atoms with Gasteiger partial charge in [0.2, 0.25) is 10.0 Å². The normalized spacial score (nSPS) is 16.0. The summed E-state index contributed by atoms with van der Waals surface area (Å²) in [5.41, 5.74) is 0.522. The third-order valence-electron chi connectivity index (χ3n) is 4.23. The summed E-state index contributed by atoms with van der Waals surface area (Å²) >= 11 is 0. The van der Waals surface area contributed by atoms with Crippen LogP contribution in [0.2, 0.25) is 0 Å². The van der Waals surface area contributed by atoms with Crippen molar-refractivity contribution in [1.29, 1.82) is 0 Å². The molecule has 1 fully saturated rings. The number of aryl methyl sites for hydroxylation is 1. The second-order valence-corrected chi connectivity index (χ2v) is 8.40. The molecule has 1 saturated heterocycles. The minimum absolute atomic E-state index is 0.0218. The zero-order chi connectivity index (χ0) is 18.9. The first kappa shape index (κ1) is 18.5. The second kappa shape index (κ2) is 6.79. The quantitative estimate of drug-likeness (QED) is 0.744. The maximum Gasteiger partial charge on any atom is 0.255 e. The first-order valence-corrected chi connectivity index (χ1v) is 9.59. The number of anilines is 1. The van der Waals surface area contributed by atoms with E-state index in [2.05, 4.69) is 15.4 Å². The van der Waals surface area contributed by atoms with Crippen molar-refractivity contribution in [1.82, 2.24) is 10.0 Å². The van der Waals surface area contributed by atoms with E-state index >= 15 is 0 Å². The van der Waals surface area contributed by atoms with Crippen LogP contribution in [0.4, 0.5) is 10.1 Å². The molecule has 2 aromatic rings. The van der Waals surface area contributed by atoms with E-state index in [1.807, 2.05) is 6.92 Å². The lowest BCUT2D eigenvalue weighted by atomic mass is 9.97. The van der Waals surface area contributed by atoms with Crippen LogP contribution in [0, 0.1) is 12.7 Å². The lowest BCUT2D eigenvalue weighted by Crippen LogP contribution is -2.66. The number of hydrogen-bond acceptors (Lipinski definition) is 4. The van der Waals surface area contributed by atoms with Gasteiger partial charge in [-0.2, -0.15) is 0 Å². The van der Waals surface area contributed by atoms with Crippen LogP contribution >= 0.6 is 0 Å². The number of rotatable bonds is 5. The van der Waals surface area contributed by atoms with Crippen molar-refractivity contribution in [2.45, 2.75) is 24.3 Å². The van der Waals surface area contributed by atoms with Gasteiger partial charge in [0.1, 0.15) is 5.82 Å². The van der Waals surface area contributed by atoms with Crippen LogP contribution < -0.4 is 15.4 Å². The third-order valence-corrected chi connectivity index (χ3v) is 5.87. The summed E-state index contributed by atoms with van der Waals surface area (Å²) in [5.74, 6) is -0.828. The summed E-state index contributed by atoms with van der Waals surface area (Å²) in [6, 6.07) is 10.0. The van der Waals surface area contributed by atoms with E-state index in [4.69, 9.17) is 0 Å².